The van der Waals surface area contributed by atoms with Gasteiger partial charge in [0.15, 0.2) is 0 Å². The van der Waals surface area contributed by atoms with E-state index in [0.717, 1.165) is 38.5 Å². The highest BCUT2D eigenvalue weighted by atomic mass is 31.2. The molecule has 5 heteroatoms. The first-order chi connectivity index (χ1) is 10.6. The first-order valence-electron chi connectivity index (χ1n) is 9.16. The van der Waals surface area contributed by atoms with Crippen LogP contribution in [0.25, 0.3) is 0 Å². The van der Waals surface area contributed by atoms with Gasteiger partial charge in [-0.1, -0.05) is 78.1 Å². The molecule has 0 saturated carbocycles. The zero-order valence-electron chi connectivity index (χ0n) is 14.6. The van der Waals surface area contributed by atoms with E-state index in [-0.39, 0.29) is 18.9 Å². The standard InChI is InChI=1S/C17H37O4P/c1-3-5-7-9-11-13-17(14-12-10-8-6-4-2)22(19,20)21-16-15-18/h17-18H,3-16H2,1-2H3,(H,19,20). The Morgan fingerprint density at radius 1 is 0.864 bits per heavy atom. The van der Waals surface area contributed by atoms with Crippen molar-refractivity contribution in [3.8, 4) is 0 Å². The van der Waals surface area contributed by atoms with Crippen LogP contribution in [0.3, 0.4) is 0 Å². The summed E-state index contributed by atoms with van der Waals surface area (Å²) in [6, 6.07) is 0. The molecular weight excluding hydrogens is 299 g/mol. The summed E-state index contributed by atoms with van der Waals surface area (Å²) >= 11 is 0. The van der Waals surface area contributed by atoms with Crippen molar-refractivity contribution in [3.63, 3.8) is 0 Å². The van der Waals surface area contributed by atoms with E-state index in [2.05, 4.69) is 13.8 Å². The van der Waals surface area contributed by atoms with Crippen molar-refractivity contribution in [2.75, 3.05) is 13.2 Å². The smallest absolute Gasteiger partial charge is 0.331 e. The van der Waals surface area contributed by atoms with Crippen LogP contribution in [-0.4, -0.2) is 28.9 Å². The lowest BCUT2D eigenvalue weighted by Gasteiger charge is -2.22. The molecule has 22 heavy (non-hydrogen) atoms. The van der Waals surface area contributed by atoms with Crippen molar-refractivity contribution < 1.29 is 19.1 Å². The van der Waals surface area contributed by atoms with Crippen molar-refractivity contribution in [2.45, 2.75) is 96.6 Å². The quantitative estimate of drug-likeness (QED) is 0.298. The lowest BCUT2D eigenvalue weighted by molar-refractivity contribution is 0.178. The molecule has 1 unspecified atom stereocenters. The minimum Gasteiger partial charge on any atom is -0.394 e. The van der Waals surface area contributed by atoms with Crippen molar-refractivity contribution >= 4 is 7.60 Å². The molecule has 4 nitrogen and oxygen atoms in total. The predicted octanol–water partition coefficient (Wildman–Crippen LogP) is 5.27. The maximum absolute atomic E-state index is 12.3. The van der Waals surface area contributed by atoms with Gasteiger partial charge in [-0.05, 0) is 12.8 Å². The van der Waals surface area contributed by atoms with Gasteiger partial charge in [0.25, 0.3) is 0 Å². The number of hydrogen-bond acceptors (Lipinski definition) is 3. The molecule has 0 aliphatic rings. The van der Waals surface area contributed by atoms with Gasteiger partial charge in [-0.25, -0.2) is 0 Å². The first-order valence-corrected chi connectivity index (χ1v) is 10.8. The Balaban J connectivity index is 4.20. The average Bonchev–Trinajstić information content (AvgIpc) is 2.50. The maximum Gasteiger partial charge on any atom is 0.331 e. The molecule has 0 radical (unpaired) electrons. The largest absolute Gasteiger partial charge is 0.394 e. The molecule has 0 fully saturated rings. The molecule has 0 aliphatic carbocycles. The summed E-state index contributed by atoms with van der Waals surface area (Å²) in [5.74, 6) is 0. The third-order valence-electron chi connectivity index (χ3n) is 4.11. The topological polar surface area (TPSA) is 66.8 Å². The van der Waals surface area contributed by atoms with Gasteiger partial charge in [0.2, 0.25) is 0 Å². The van der Waals surface area contributed by atoms with E-state index in [0.29, 0.717) is 0 Å². The van der Waals surface area contributed by atoms with E-state index in [1.54, 1.807) is 0 Å². The normalized spacial score (nSPS) is 14.4. The molecule has 0 aromatic heterocycles. The van der Waals surface area contributed by atoms with Gasteiger partial charge in [-0.2, -0.15) is 0 Å². The lowest BCUT2D eigenvalue weighted by atomic mass is 10.0. The third kappa shape index (κ3) is 11.6. The van der Waals surface area contributed by atoms with Gasteiger partial charge in [0, 0.05) is 0 Å². The molecule has 0 saturated heterocycles. The van der Waals surface area contributed by atoms with Crippen molar-refractivity contribution in [1.29, 1.82) is 0 Å². The highest BCUT2D eigenvalue weighted by Crippen LogP contribution is 2.51. The van der Waals surface area contributed by atoms with E-state index in [1.165, 1.54) is 38.5 Å². The second-order valence-corrected chi connectivity index (χ2v) is 8.30. The van der Waals surface area contributed by atoms with Crippen LogP contribution in [0, 0.1) is 0 Å². The zero-order chi connectivity index (χ0) is 16.7. The summed E-state index contributed by atoms with van der Waals surface area (Å²) in [5.41, 5.74) is -0.262. The van der Waals surface area contributed by atoms with Crippen LogP contribution in [0.2, 0.25) is 0 Å². The lowest BCUT2D eigenvalue weighted by Crippen LogP contribution is -2.13. The highest BCUT2D eigenvalue weighted by molar-refractivity contribution is 7.53. The fourth-order valence-corrected chi connectivity index (χ4v) is 4.29. The van der Waals surface area contributed by atoms with Gasteiger partial charge >= 0.3 is 7.60 Å². The second-order valence-electron chi connectivity index (χ2n) is 6.18. The van der Waals surface area contributed by atoms with E-state index in [1.807, 2.05) is 0 Å². The Kier molecular flexibility index (Phi) is 14.8. The molecule has 134 valence electrons. The number of unbranched alkanes of at least 4 members (excludes halogenated alkanes) is 8. The Bertz CT molecular complexity index is 270. The number of hydrogen-bond donors (Lipinski definition) is 2. The summed E-state index contributed by atoms with van der Waals surface area (Å²) < 4.78 is 17.4. The Hall–Kier alpha value is 0.110. The number of aliphatic hydroxyl groups excluding tert-OH is 1. The maximum atomic E-state index is 12.3. The van der Waals surface area contributed by atoms with Gasteiger partial charge in [0.05, 0.1) is 18.9 Å². The molecule has 1 atom stereocenters. The van der Waals surface area contributed by atoms with E-state index in [9.17, 15) is 9.46 Å². The second kappa shape index (κ2) is 14.7. The molecule has 0 amide bonds. The summed E-state index contributed by atoms with van der Waals surface area (Å²) in [4.78, 5) is 10.1. The van der Waals surface area contributed by atoms with Gasteiger partial charge in [-0.15, -0.1) is 0 Å². The van der Waals surface area contributed by atoms with Crippen molar-refractivity contribution in [3.05, 3.63) is 0 Å². The van der Waals surface area contributed by atoms with Gasteiger partial charge in [0.1, 0.15) is 0 Å². The molecule has 0 heterocycles. The van der Waals surface area contributed by atoms with Crippen LogP contribution >= 0.6 is 7.60 Å². The van der Waals surface area contributed by atoms with Crippen LogP contribution in [-0.2, 0) is 9.09 Å². The summed E-state index contributed by atoms with van der Waals surface area (Å²) in [6.07, 6.45) is 13.0. The van der Waals surface area contributed by atoms with Gasteiger partial charge in [-0.3, -0.25) is 4.57 Å². The Morgan fingerprint density at radius 3 is 1.73 bits per heavy atom. The highest BCUT2D eigenvalue weighted by Gasteiger charge is 2.31. The Morgan fingerprint density at radius 2 is 1.32 bits per heavy atom. The van der Waals surface area contributed by atoms with E-state index < -0.39 is 7.60 Å². The molecule has 0 bridgehead atoms. The number of aliphatic hydroxyl groups is 1. The molecule has 0 rings (SSSR count). The molecule has 2 N–H and O–H groups in total. The summed E-state index contributed by atoms with van der Waals surface area (Å²) in [5, 5.41) is 8.80. The average molecular weight is 336 g/mol. The minimum absolute atomic E-state index is 0.0457. The summed E-state index contributed by atoms with van der Waals surface area (Å²) in [6.45, 7) is 4.12. The monoisotopic (exact) mass is 336 g/mol. The van der Waals surface area contributed by atoms with Crippen LogP contribution in [0.15, 0.2) is 0 Å². The van der Waals surface area contributed by atoms with Crippen molar-refractivity contribution in [1.82, 2.24) is 0 Å². The first kappa shape index (κ1) is 22.1. The molecule has 0 aliphatic heterocycles. The Labute approximate surface area is 137 Å². The van der Waals surface area contributed by atoms with Crippen molar-refractivity contribution in [2.24, 2.45) is 0 Å². The third-order valence-corrected chi connectivity index (χ3v) is 6.10. The van der Waals surface area contributed by atoms with E-state index >= 15 is 0 Å². The molecule has 0 aromatic rings. The van der Waals surface area contributed by atoms with Crippen LogP contribution in [0.4, 0.5) is 0 Å². The van der Waals surface area contributed by atoms with E-state index in [4.69, 9.17) is 9.63 Å². The fraction of sp³-hybridized carbons (Fsp3) is 1.00. The minimum atomic E-state index is -3.59. The molecular formula is C17H37O4P. The fourth-order valence-electron chi connectivity index (χ4n) is 2.71. The zero-order valence-corrected chi connectivity index (χ0v) is 15.5. The van der Waals surface area contributed by atoms with Crippen LogP contribution in [0.1, 0.15) is 90.9 Å². The van der Waals surface area contributed by atoms with Crippen LogP contribution < -0.4 is 0 Å². The number of rotatable bonds is 16. The SMILES string of the molecule is CCCCCCCC(CCCCCCC)P(=O)(O)OCCO. The van der Waals surface area contributed by atoms with Gasteiger partial charge < -0.3 is 14.5 Å². The van der Waals surface area contributed by atoms with Crippen LogP contribution in [0.5, 0.6) is 0 Å². The summed E-state index contributed by atoms with van der Waals surface area (Å²) in [7, 11) is -3.59. The predicted molar refractivity (Wildman–Crippen MR) is 93.4 cm³/mol. The molecule has 0 aromatic carbocycles. The molecule has 0 spiro atoms.